The quantitative estimate of drug-likeness (QED) is 0.846. The van der Waals surface area contributed by atoms with Crippen LogP contribution in [0.5, 0.6) is 0 Å². The first-order valence-electron chi connectivity index (χ1n) is 5.57. The first kappa shape index (κ1) is 13.0. The lowest BCUT2D eigenvalue weighted by molar-refractivity contribution is 0.0992. The van der Waals surface area contributed by atoms with Crippen molar-refractivity contribution in [3.63, 3.8) is 0 Å². The Balaban J connectivity index is 2.30. The van der Waals surface area contributed by atoms with E-state index in [2.05, 4.69) is 0 Å². The van der Waals surface area contributed by atoms with Crippen LogP contribution < -0.4 is 10.6 Å². The van der Waals surface area contributed by atoms with Crippen LogP contribution in [0, 0.1) is 11.6 Å². The summed E-state index contributed by atoms with van der Waals surface area (Å²) >= 11 is 0. The van der Waals surface area contributed by atoms with E-state index in [4.69, 9.17) is 5.73 Å². The molecule has 2 aromatic rings. The van der Waals surface area contributed by atoms with Gasteiger partial charge in [0.15, 0.2) is 0 Å². The summed E-state index contributed by atoms with van der Waals surface area (Å²) in [4.78, 5) is 13.4. The number of anilines is 2. The minimum Gasteiger partial charge on any atom is -0.399 e. The van der Waals surface area contributed by atoms with Crippen molar-refractivity contribution in [1.29, 1.82) is 0 Å². The molecule has 0 saturated heterocycles. The number of hydrogen-bond acceptors (Lipinski definition) is 2. The van der Waals surface area contributed by atoms with E-state index in [1.165, 1.54) is 11.9 Å². The first-order valence-corrected chi connectivity index (χ1v) is 5.57. The highest BCUT2D eigenvalue weighted by Gasteiger charge is 2.15. The highest BCUT2D eigenvalue weighted by Crippen LogP contribution is 2.18. The van der Waals surface area contributed by atoms with E-state index < -0.39 is 17.5 Å². The summed E-state index contributed by atoms with van der Waals surface area (Å²) in [5.41, 5.74) is 6.66. The van der Waals surface area contributed by atoms with Crippen LogP contribution in [0.3, 0.4) is 0 Å². The van der Waals surface area contributed by atoms with Gasteiger partial charge in [0.2, 0.25) is 0 Å². The van der Waals surface area contributed by atoms with Crippen LogP contribution in [0.25, 0.3) is 0 Å². The molecule has 0 heterocycles. The molecule has 0 atom stereocenters. The Morgan fingerprint density at radius 3 is 2.11 bits per heavy atom. The van der Waals surface area contributed by atoms with Crippen LogP contribution in [-0.2, 0) is 0 Å². The second-order valence-electron chi connectivity index (χ2n) is 4.11. The van der Waals surface area contributed by atoms with Gasteiger partial charge in [-0.2, -0.15) is 0 Å². The van der Waals surface area contributed by atoms with Crippen LogP contribution in [0.15, 0.2) is 42.5 Å². The maximum atomic E-state index is 13.1. The second-order valence-corrected chi connectivity index (χ2v) is 4.11. The van der Waals surface area contributed by atoms with Gasteiger partial charge >= 0.3 is 0 Å². The molecule has 98 valence electrons. The summed E-state index contributed by atoms with van der Waals surface area (Å²) in [5, 5.41) is 0. The number of carbonyl (C=O) groups is 1. The van der Waals surface area contributed by atoms with Crippen molar-refractivity contribution in [3.05, 3.63) is 59.7 Å². The van der Waals surface area contributed by atoms with Crippen LogP contribution in [0.4, 0.5) is 20.2 Å². The van der Waals surface area contributed by atoms with Crippen LogP contribution in [0.2, 0.25) is 0 Å². The molecule has 5 heteroatoms. The minimum absolute atomic E-state index is 0.0446. The molecular formula is C14H12F2N2O. The zero-order valence-corrected chi connectivity index (χ0v) is 10.2. The number of nitrogens with zero attached hydrogens (tertiary/aromatic N) is 1. The molecule has 0 spiro atoms. The minimum atomic E-state index is -0.783. The third kappa shape index (κ3) is 2.88. The number of halogens is 2. The normalized spacial score (nSPS) is 10.3. The molecule has 19 heavy (non-hydrogen) atoms. The van der Waals surface area contributed by atoms with Crippen LogP contribution in [-0.4, -0.2) is 13.0 Å². The average Bonchev–Trinajstić information content (AvgIpc) is 2.37. The molecule has 0 unspecified atom stereocenters. The molecule has 2 aromatic carbocycles. The molecule has 0 aliphatic heterocycles. The largest absolute Gasteiger partial charge is 0.399 e. The number of benzene rings is 2. The van der Waals surface area contributed by atoms with Gasteiger partial charge in [0.25, 0.3) is 5.91 Å². The molecule has 2 N–H and O–H groups in total. The number of hydrogen-bond donors (Lipinski definition) is 1. The lowest BCUT2D eigenvalue weighted by Gasteiger charge is -2.17. The van der Waals surface area contributed by atoms with Crippen LogP contribution in [0.1, 0.15) is 10.4 Å². The van der Waals surface area contributed by atoms with Gasteiger partial charge in [0.05, 0.1) is 0 Å². The zero-order chi connectivity index (χ0) is 14.0. The number of nitrogen functional groups attached to an aromatic ring is 1. The van der Waals surface area contributed by atoms with Gasteiger partial charge in [0.1, 0.15) is 11.6 Å². The van der Waals surface area contributed by atoms with Crippen molar-refractivity contribution in [2.24, 2.45) is 0 Å². The second kappa shape index (κ2) is 5.06. The number of carbonyl (C=O) groups excluding carboxylic acids is 1. The van der Waals surface area contributed by atoms with Gasteiger partial charge in [-0.05, 0) is 36.4 Å². The van der Waals surface area contributed by atoms with Gasteiger partial charge in [-0.25, -0.2) is 8.78 Å². The molecule has 0 radical (unpaired) electrons. The first-order chi connectivity index (χ1) is 8.97. The number of amides is 1. The van der Waals surface area contributed by atoms with Gasteiger partial charge in [0, 0.05) is 30.1 Å². The Labute approximate surface area is 109 Å². The monoisotopic (exact) mass is 262 g/mol. The molecule has 0 aliphatic rings. The van der Waals surface area contributed by atoms with Crippen molar-refractivity contribution in [2.75, 3.05) is 17.7 Å². The highest BCUT2D eigenvalue weighted by molar-refractivity contribution is 6.05. The fourth-order valence-electron chi connectivity index (χ4n) is 1.69. The Morgan fingerprint density at radius 2 is 1.58 bits per heavy atom. The molecule has 0 aliphatic carbocycles. The van der Waals surface area contributed by atoms with E-state index in [0.717, 1.165) is 18.2 Å². The van der Waals surface area contributed by atoms with Crippen LogP contribution >= 0.6 is 0 Å². The lowest BCUT2D eigenvalue weighted by Crippen LogP contribution is -2.26. The molecule has 0 saturated carbocycles. The van der Waals surface area contributed by atoms with Crippen molar-refractivity contribution < 1.29 is 13.6 Å². The third-order valence-electron chi connectivity index (χ3n) is 2.69. The molecule has 0 bridgehead atoms. The van der Waals surface area contributed by atoms with Crippen molar-refractivity contribution in [3.8, 4) is 0 Å². The van der Waals surface area contributed by atoms with Crippen molar-refractivity contribution in [1.82, 2.24) is 0 Å². The fourth-order valence-corrected chi connectivity index (χ4v) is 1.69. The van der Waals surface area contributed by atoms with Gasteiger partial charge in [-0.15, -0.1) is 0 Å². The fraction of sp³-hybridized carbons (Fsp3) is 0.0714. The van der Waals surface area contributed by atoms with E-state index >= 15 is 0 Å². The topological polar surface area (TPSA) is 46.3 Å². The molecule has 2 rings (SSSR count). The smallest absolute Gasteiger partial charge is 0.258 e. The Hall–Kier alpha value is -2.43. The SMILES string of the molecule is CN(C(=O)c1cc(F)cc(F)c1)c1ccc(N)cc1. The standard InChI is InChI=1S/C14H12F2N2O/c1-18(13-4-2-12(17)3-5-13)14(19)9-6-10(15)8-11(16)7-9/h2-8H,17H2,1H3. The Morgan fingerprint density at radius 1 is 1.05 bits per heavy atom. The maximum Gasteiger partial charge on any atom is 0.258 e. The predicted octanol–water partition coefficient (Wildman–Crippen LogP) is 2.82. The van der Waals surface area contributed by atoms with Gasteiger partial charge < -0.3 is 10.6 Å². The summed E-state index contributed by atoms with van der Waals surface area (Å²) in [5.74, 6) is -2.06. The summed E-state index contributed by atoms with van der Waals surface area (Å²) < 4.78 is 26.2. The molecule has 3 nitrogen and oxygen atoms in total. The Bertz CT molecular complexity index is 591. The summed E-state index contributed by atoms with van der Waals surface area (Å²) in [7, 11) is 1.52. The van der Waals surface area contributed by atoms with E-state index in [1.54, 1.807) is 24.3 Å². The maximum absolute atomic E-state index is 13.1. The predicted molar refractivity (Wildman–Crippen MR) is 69.9 cm³/mol. The summed E-state index contributed by atoms with van der Waals surface area (Å²) in [6.07, 6.45) is 0. The molecule has 0 aromatic heterocycles. The highest BCUT2D eigenvalue weighted by atomic mass is 19.1. The van der Waals surface area contributed by atoms with Crippen molar-refractivity contribution >= 4 is 17.3 Å². The number of rotatable bonds is 2. The molecular weight excluding hydrogens is 250 g/mol. The van der Waals surface area contributed by atoms with E-state index in [9.17, 15) is 13.6 Å². The molecule has 0 fully saturated rings. The number of nitrogens with two attached hydrogens (primary N) is 1. The third-order valence-corrected chi connectivity index (χ3v) is 2.69. The van der Waals surface area contributed by atoms with E-state index in [0.29, 0.717) is 11.4 Å². The van der Waals surface area contributed by atoms with E-state index in [1.807, 2.05) is 0 Å². The summed E-state index contributed by atoms with van der Waals surface area (Å²) in [6, 6.07) is 9.32. The average molecular weight is 262 g/mol. The van der Waals surface area contributed by atoms with E-state index in [-0.39, 0.29) is 5.56 Å². The van der Waals surface area contributed by atoms with Gasteiger partial charge in [-0.3, -0.25) is 4.79 Å². The summed E-state index contributed by atoms with van der Waals surface area (Å²) in [6.45, 7) is 0. The Kier molecular flexibility index (Phi) is 3.46. The zero-order valence-electron chi connectivity index (χ0n) is 10.2. The molecule has 1 amide bonds. The lowest BCUT2D eigenvalue weighted by atomic mass is 10.1. The van der Waals surface area contributed by atoms with Gasteiger partial charge in [-0.1, -0.05) is 0 Å². The van der Waals surface area contributed by atoms with Crippen molar-refractivity contribution in [2.45, 2.75) is 0 Å².